The number of nitrogens with zero attached hydrogens (tertiary/aromatic N) is 1. The predicted molar refractivity (Wildman–Crippen MR) is 73.2 cm³/mol. The van der Waals surface area contributed by atoms with Crippen molar-refractivity contribution in [3.63, 3.8) is 0 Å². The lowest BCUT2D eigenvalue weighted by Crippen LogP contribution is -2.37. The number of hydrogen-bond acceptors (Lipinski definition) is 3. The van der Waals surface area contributed by atoms with E-state index in [9.17, 15) is 4.79 Å². The maximum Gasteiger partial charge on any atom is 0.234 e. The monoisotopic (exact) mass is 251 g/mol. The van der Waals surface area contributed by atoms with Gasteiger partial charge in [-0.05, 0) is 38.5 Å². The van der Waals surface area contributed by atoms with Crippen LogP contribution in [-0.4, -0.2) is 43.0 Å². The van der Waals surface area contributed by atoms with Gasteiger partial charge in [0.1, 0.15) is 0 Å². The van der Waals surface area contributed by atoms with Crippen LogP contribution >= 0.6 is 0 Å². The summed E-state index contributed by atoms with van der Waals surface area (Å²) in [5.41, 5.74) is 7.34. The second-order valence-electron chi connectivity index (χ2n) is 5.49. The van der Waals surface area contributed by atoms with Gasteiger partial charge in [-0.3, -0.25) is 9.69 Å². The van der Waals surface area contributed by atoms with Gasteiger partial charge in [-0.15, -0.1) is 0 Å². The summed E-state index contributed by atoms with van der Waals surface area (Å²) >= 11 is 0. The summed E-state index contributed by atoms with van der Waals surface area (Å²) in [6.07, 6.45) is 9.45. The van der Waals surface area contributed by atoms with Gasteiger partial charge in [-0.2, -0.15) is 0 Å². The molecule has 102 valence electrons. The van der Waals surface area contributed by atoms with E-state index in [0.717, 1.165) is 32.5 Å². The van der Waals surface area contributed by atoms with Crippen molar-refractivity contribution in [3.8, 4) is 0 Å². The molecule has 1 aliphatic heterocycles. The standard InChI is InChI=1S/C14H25N3O/c15-13-7-9-17(10-13)11-14(18)16-8-6-12-4-2-1-3-5-12/h4,13H,1-3,5-11,15H2,(H,16,18)/t13-/m1/s1. The van der Waals surface area contributed by atoms with Crippen LogP contribution < -0.4 is 11.1 Å². The maximum absolute atomic E-state index is 11.7. The molecule has 1 heterocycles. The van der Waals surface area contributed by atoms with Crippen molar-refractivity contribution < 1.29 is 4.79 Å². The highest BCUT2D eigenvalue weighted by molar-refractivity contribution is 5.78. The van der Waals surface area contributed by atoms with E-state index in [1.807, 2.05) is 0 Å². The second-order valence-corrected chi connectivity index (χ2v) is 5.49. The molecule has 0 aromatic rings. The quantitative estimate of drug-likeness (QED) is 0.717. The van der Waals surface area contributed by atoms with Crippen molar-refractivity contribution in [2.24, 2.45) is 5.73 Å². The van der Waals surface area contributed by atoms with E-state index >= 15 is 0 Å². The molecule has 4 heteroatoms. The molecular formula is C14H25N3O. The number of carbonyl (C=O) groups is 1. The van der Waals surface area contributed by atoms with Gasteiger partial charge in [0.2, 0.25) is 5.91 Å². The number of nitrogens with two attached hydrogens (primary N) is 1. The molecule has 0 bridgehead atoms. The number of hydrogen-bond donors (Lipinski definition) is 2. The van der Waals surface area contributed by atoms with Crippen molar-refractivity contribution >= 4 is 5.91 Å². The molecule has 2 rings (SSSR count). The number of likely N-dealkylation sites (tertiary alicyclic amines) is 1. The molecule has 2 aliphatic rings. The van der Waals surface area contributed by atoms with Crippen LogP contribution in [0, 0.1) is 0 Å². The maximum atomic E-state index is 11.7. The minimum Gasteiger partial charge on any atom is -0.355 e. The molecule has 0 unspecified atom stereocenters. The summed E-state index contributed by atoms with van der Waals surface area (Å²) in [5.74, 6) is 0.139. The lowest BCUT2D eigenvalue weighted by Gasteiger charge is -2.16. The Labute approximate surface area is 110 Å². The molecule has 1 amide bonds. The summed E-state index contributed by atoms with van der Waals surface area (Å²) in [5, 5.41) is 3.01. The van der Waals surface area contributed by atoms with E-state index in [1.54, 1.807) is 0 Å². The Hall–Kier alpha value is -0.870. The fourth-order valence-electron chi connectivity index (χ4n) is 2.76. The number of rotatable bonds is 5. The highest BCUT2D eigenvalue weighted by atomic mass is 16.2. The Morgan fingerprint density at radius 2 is 2.39 bits per heavy atom. The minimum atomic E-state index is 0.139. The Morgan fingerprint density at radius 1 is 1.50 bits per heavy atom. The summed E-state index contributed by atoms with van der Waals surface area (Å²) in [6, 6.07) is 0.255. The van der Waals surface area contributed by atoms with Gasteiger partial charge in [0.05, 0.1) is 6.54 Å². The summed E-state index contributed by atoms with van der Waals surface area (Å²) in [4.78, 5) is 13.9. The molecule has 0 aromatic heterocycles. The summed E-state index contributed by atoms with van der Waals surface area (Å²) in [7, 11) is 0. The largest absolute Gasteiger partial charge is 0.355 e. The fourth-order valence-corrected chi connectivity index (χ4v) is 2.76. The lowest BCUT2D eigenvalue weighted by molar-refractivity contribution is -0.121. The lowest BCUT2D eigenvalue weighted by atomic mass is 9.97. The van der Waals surface area contributed by atoms with Crippen molar-refractivity contribution in [2.45, 2.75) is 44.6 Å². The Balaban J connectivity index is 1.58. The Morgan fingerprint density at radius 3 is 3.06 bits per heavy atom. The molecule has 0 radical (unpaired) electrons. The molecule has 0 aromatic carbocycles. The first kappa shape index (κ1) is 13.6. The molecule has 4 nitrogen and oxygen atoms in total. The Bertz CT molecular complexity index is 314. The average Bonchev–Trinajstić information content (AvgIpc) is 2.76. The smallest absolute Gasteiger partial charge is 0.234 e. The van der Waals surface area contributed by atoms with Crippen molar-refractivity contribution in [2.75, 3.05) is 26.2 Å². The first-order valence-corrected chi connectivity index (χ1v) is 7.16. The zero-order valence-corrected chi connectivity index (χ0v) is 11.2. The third-order valence-corrected chi connectivity index (χ3v) is 3.83. The van der Waals surface area contributed by atoms with Crippen LogP contribution in [-0.2, 0) is 4.79 Å². The Kier molecular flexibility index (Phi) is 5.20. The molecule has 0 spiro atoms. The van der Waals surface area contributed by atoms with Gasteiger partial charge in [-0.25, -0.2) is 0 Å². The predicted octanol–water partition coefficient (Wildman–Crippen LogP) is 1.03. The van der Waals surface area contributed by atoms with Crippen LogP contribution in [0.25, 0.3) is 0 Å². The van der Waals surface area contributed by atoms with Crippen LogP contribution in [0.3, 0.4) is 0 Å². The number of nitrogens with one attached hydrogen (secondary N) is 1. The minimum absolute atomic E-state index is 0.139. The van der Waals surface area contributed by atoms with Gasteiger partial charge in [-0.1, -0.05) is 11.6 Å². The molecular weight excluding hydrogens is 226 g/mol. The van der Waals surface area contributed by atoms with Crippen molar-refractivity contribution in [1.29, 1.82) is 0 Å². The summed E-state index contributed by atoms with van der Waals surface area (Å²) in [6.45, 7) is 3.11. The van der Waals surface area contributed by atoms with Gasteiger partial charge in [0, 0.05) is 25.7 Å². The van der Waals surface area contributed by atoms with Crippen LogP contribution in [0.15, 0.2) is 11.6 Å². The molecule has 1 saturated heterocycles. The third kappa shape index (κ3) is 4.42. The number of allylic oxidation sites excluding steroid dienone is 1. The molecule has 18 heavy (non-hydrogen) atoms. The third-order valence-electron chi connectivity index (χ3n) is 3.83. The van der Waals surface area contributed by atoms with Gasteiger partial charge in [0.15, 0.2) is 0 Å². The highest BCUT2D eigenvalue weighted by Crippen LogP contribution is 2.19. The molecule has 1 fully saturated rings. The van der Waals surface area contributed by atoms with Gasteiger partial charge >= 0.3 is 0 Å². The highest BCUT2D eigenvalue weighted by Gasteiger charge is 2.20. The summed E-state index contributed by atoms with van der Waals surface area (Å²) < 4.78 is 0. The second kappa shape index (κ2) is 6.90. The van der Waals surface area contributed by atoms with Crippen LogP contribution in [0.4, 0.5) is 0 Å². The fraction of sp³-hybridized carbons (Fsp3) is 0.786. The molecule has 1 aliphatic carbocycles. The topological polar surface area (TPSA) is 58.4 Å². The number of carbonyl (C=O) groups excluding carboxylic acids is 1. The first-order chi connectivity index (χ1) is 8.74. The van der Waals surface area contributed by atoms with Crippen molar-refractivity contribution in [3.05, 3.63) is 11.6 Å². The van der Waals surface area contributed by atoms with Crippen LogP contribution in [0.2, 0.25) is 0 Å². The SMILES string of the molecule is N[C@@H]1CCN(CC(=O)NCCC2=CCCCC2)C1. The van der Waals surface area contributed by atoms with Gasteiger partial charge in [0.25, 0.3) is 0 Å². The molecule has 3 N–H and O–H groups in total. The zero-order chi connectivity index (χ0) is 12.8. The number of amides is 1. The first-order valence-electron chi connectivity index (χ1n) is 7.16. The van der Waals surface area contributed by atoms with E-state index < -0.39 is 0 Å². The molecule has 1 atom stereocenters. The van der Waals surface area contributed by atoms with E-state index in [-0.39, 0.29) is 11.9 Å². The average molecular weight is 251 g/mol. The molecule has 0 saturated carbocycles. The van der Waals surface area contributed by atoms with Crippen molar-refractivity contribution in [1.82, 2.24) is 10.2 Å². The van der Waals surface area contributed by atoms with Crippen LogP contribution in [0.5, 0.6) is 0 Å². The van der Waals surface area contributed by atoms with E-state index in [4.69, 9.17) is 5.73 Å². The van der Waals surface area contributed by atoms with Gasteiger partial charge < -0.3 is 11.1 Å². The van der Waals surface area contributed by atoms with E-state index in [2.05, 4.69) is 16.3 Å². The van der Waals surface area contributed by atoms with Crippen LogP contribution in [0.1, 0.15) is 38.5 Å². The van der Waals surface area contributed by atoms with E-state index in [1.165, 1.54) is 31.3 Å². The normalized spacial score (nSPS) is 24.9. The zero-order valence-electron chi connectivity index (χ0n) is 11.2. The van der Waals surface area contributed by atoms with E-state index in [0.29, 0.717) is 6.54 Å².